The van der Waals surface area contributed by atoms with Crippen molar-refractivity contribution in [2.24, 2.45) is 0 Å². The summed E-state index contributed by atoms with van der Waals surface area (Å²) in [6.07, 6.45) is 6.80. The Bertz CT molecular complexity index is 461. The van der Waals surface area contributed by atoms with Crippen LogP contribution in [0.25, 0.3) is 0 Å². The minimum Gasteiger partial charge on any atom is -0.392 e. The second-order valence-corrected chi connectivity index (χ2v) is 6.38. The highest BCUT2D eigenvalue weighted by molar-refractivity contribution is 7.99. The summed E-state index contributed by atoms with van der Waals surface area (Å²) in [5.41, 5.74) is 0.751. The van der Waals surface area contributed by atoms with Crippen LogP contribution in [0.4, 0.5) is 0 Å². The fourth-order valence-electron chi connectivity index (χ4n) is 2.46. The molecular formula is C14H22N2O2S. The molecule has 1 aliphatic carbocycles. The smallest absolute Gasteiger partial charge is 0.251 e. The largest absolute Gasteiger partial charge is 0.392 e. The van der Waals surface area contributed by atoms with E-state index < -0.39 is 0 Å². The lowest BCUT2D eigenvalue weighted by atomic mass is 10.1. The number of thioether (sulfide) groups is 1. The van der Waals surface area contributed by atoms with E-state index in [4.69, 9.17) is 0 Å². The van der Waals surface area contributed by atoms with Crippen LogP contribution in [0.1, 0.15) is 51.1 Å². The molecule has 1 aromatic heterocycles. The number of nitrogens with zero attached hydrogens (tertiary/aromatic N) is 1. The SMILES string of the molecule is CCCc1cc(=O)[nH]c(SC2CCCCCC2O)n1. The van der Waals surface area contributed by atoms with Gasteiger partial charge >= 0.3 is 0 Å². The van der Waals surface area contributed by atoms with Crippen molar-refractivity contribution in [3.05, 3.63) is 22.1 Å². The summed E-state index contributed by atoms with van der Waals surface area (Å²) in [4.78, 5) is 18.9. The van der Waals surface area contributed by atoms with Gasteiger partial charge in [-0.3, -0.25) is 4.79 Å². The Morgan fingerprint density at radius 1 is 1.42 bits per heavy atom. The number of aryl methyl sites for hydroxylation is 1. The van der Waals surface area contributed by atoms with Gasteiger partial charge in [0.25, 0.3) is 5.56 Å². The fraction of sp³-hybridized carbons (Fsp3) is 0.714. The number of nitrogens with one attached hydrogen (secondary N) is 1. The zero-order valence-corrected chi connectivity index (χ0v) is 12.2. The lowest BCUT2D eigenvalue weighted by molar-refractivity contribution is 0.163. The average Bonchev–Trinajstić information content (AvgIpc) is 2.55. The van der Waals surface area contributed by atoms with Crippen molar-refractivity contribution in [1.29, 1.82) is 0 Å². The van der Waals surface area contributed by atoms with E-state index in [0.717, 1.165) is 44.2 Å². The molecule has 5 heteroatoms. The van der Waals surface area contributed by atoms with E-state index in [1.54, 1.807) is 6.07 Å². The molecule has 2 unspecified atom stereocenters. The molecule has 1 aliphatic rings. The van der Waals surface area contributed by atoms with E-state index in [-0.39, 0.29) is 16.9 Å². The first-order chi connectivity index (χ1) is 9.19. The summed E-state index contributed by atoms with van der Waals surface area (Å²) < 4.78 is 0. The maximum atomic E-state index is 11.6. The van der Waals surface area contributed by atoms with Gasteiger partial charge in [-0.25, -0.2) is 4.98 Å². The first kappa shape index (κ1) is 14.6. The topological polar surface area (TPSA) is 66.0 Å². The molecule has 2 N–H and O–H groups in total. The molecule has 0 saturated heterocycles. The zero-order chi connectivity index (χ0) is 13.7. The number of rotatable bonds is 4. The van der Waals surface area contributed by atoms with E-state index in [9.17, 15) is 9.90 Å². The van der Waals surface area contributed by atoms with Gasteiger partial charge in [0, 0.05) is 17.0 Å². The Morgan fingerprint density at radius 2 is 2.21 bits per heavy atom. The van der Waals surface area contributed by atoms with Crippen LogP contribution in [0.15, 0.2) is 16.0 Å². The molecule has 0 amide bonds. The highest BCUT2D eigenvalue weighted by atomic mass is 32.2. The van der Waals surface area contributed by atoms with Crippen molar-refractivity contribution in [1.82, 2.24) is 9.97 Å². The van der Waals surface area contributed by atoms with Crippen LogP contribution in [0.3, 0.4) is 0 Å². The minimum atomic E-state index is -0.285. The molecular weight excluding hydrogens is 260 g/mol. The fourth-order valence-corrected chi connectivity index (χ4v) is 3.65. The van der Waals surface area contributed by atoms with Crippen LogP contribution in [0, 0.1) is 0 Å². The highest BCUT2D eigenvalue weighted by Gasteiger charge is 2.23. The van der Waals surface area contributed by atoms with Crippen LogP contribution >= 0.6 is 11.8 Å². The van der Waals surface area contributed by atoms with Crippen molar-refractivity contribution < 1.29 is 5.11 Å². The van der Waals surface area contributed by atoms with Gasteiger partial charge in [-0.1, -0.05) is 44.4 Å². The minimum absolute atomic E-state index is 0.0935. The summed E-state index contributed by atoms with van der Waals surface area (Å²) in [7, 11) is 0. The average molecular weight is 282 g/mol. The van der Waals surface area contributed by atoms with E-state index in [1.165, 1.54) is 18.2 Å². The number of aromatic amines is 1. The number of aromatic nitrogens is 2. The molecule has 2 atom stereocenters. The zero-order valence-electron chi connectivity index (χ0n) is 11.4. The lowest BCUT2D eigenvalue weighted by Gasteiger charge is -2.18. The van der Waals surface area contributed by atoms with E-state index >= 15 is 0 Å². The molecule has 106 valence electrons. The van der Waals surface area contributed by atoms with Gasteiger partial charge < -0.3 is 10.1 Å². The van der Waals surface area contributed by atoms with Crippen LogP contribution < -0.4 is 5.56 Å². The van der Waals surface area contributed by atoms with Crippen LogP contribution in [-0.4, -0.2) is 26.4 Å². The molecule has 0 radical (unpaired) electrons. The summed E-state index contributed by atoms with van der Waals surface area (Å²) in [5, 5.41) is 10.9. The Kier molecular flexibility index (Phi) is 5.45. The first-order valence-corrected chi connectivity index (χ1v) is 8.02. The highest BCUT2D eigenvalue weighted by Crippen LogP contribution is 2.31. The van der Waals surface area contributed by atoms with Crippen molar-refractivity contribution in [2.45, 2.75) is 68.4 Å². The van der Waals surface area contributed by atoms with E-state index in [0.29, 0.717) is 5.16 Å². The second kappa shape index (κ2) is 7.10. The Labute approximate surface area is 118 Å². The van der Waals surface area contributed by atoms with Crippen molar-refractivity contribution in [3.8, 4) is 0 Å². The predicted octanol–water partition coefficient (Wildman–Crippen LogP) is 2.51. The third-order valence-electron chi connectivity index (χ3n) is 3.46. The summed E-state index contributed by atoms with van der Waals surface area (Å²) in [5.74, 6) is 0. The van der Waals surface area contributed by atoms with Gasteiger partial charge in [0.1, 0.15) is 0 Å². The monoisotopic (exact) mass is 282 g/mol. The molecule has 19 heavy (non-hydrogen) atoms. The molecule has 2 rings (SSSR count). The van der Waals surface area contributed by atoms with Gasteiger partial charge in [-0.05, 0) is 19.3 Å². The normalized spacial score (nSPS) is 24.1. The van der Waals surface area contributed by atoms with Gasteiger partial charge in [0.15, 0.2) is 5.16 Å². The molecule has 0 aliphatic heterocycles. The van der Waals surface area contributed by atoms with Crippen LogP contribution in [-0.2, 0) is 6.42 Å². The third-order valence-corrected chi connectivity index (χ3v) is 4.73. The predicted molar refractivity (Wildman–Crippen MR) is 77.6 cm³/mol. The van der Waals surface area contributed by atoms with Gasteiger partial charge in [-0.2, -0.15) is 0 Å². The molecule has 1 fully saturated rings. The second-order valence-electron chi connectivity index (χ2n) is 5.15. The summed E-state index contributed by atoms with van der Waals surface area (Å²) in [6.45, 7) is 2.07. The standard InChI is InChI=1S/C14H22N2O2S/c1-2-6-10-9-13(18)16-14(15-10)19-12-8-5-3-4-7-11(12)17/h9,11-12,17H,2-8H2,1H3,(H,15,16,18). The number of aliphatic hydroxyl groups excluding tert-OH is 1. The van der Waals surface area contributed by atoms with E-state index in [2.05, 4.69) is 16.9 Å². The quantitative estimate of drug-likeness (QED) is 0.658. The molecule has 0 bridgehead atoms. The van der Waals surface area contributed by atoms with E-state index in [1.807, 2.05) is 0 Å². The molecule has 4 nitrogen and oxygen atoms in total. The molecule has 1 aromatic rings. The lowest BCUT2D eigenvalue weighted by Crippen LogP contribution is -2.22. The number of H-pyrrole nitrogens is 1. The first-order valence-electron chi connectivity index (χ1n) is 7.14. The van der Waals surface area contributed by atoms with Gasteiger partial charge in [-0.15, -0.1) is 0 Å². The van der Waals surface area contributed by atoms with Crippen LogP contribution in [0.2, 0.25) is 0 Å². The molecule has 1 saturated carbocycles. The van der Waals surface area contributed by atoms with Gasteiger partial charge in [0.2, 0.25) is 0 Å². The third kappa shape index (κ3) is 4.35. The maximum Gasteiger partial charge on any atom is 0.251 e. The van der Waals surface area contributed by atoms with Crippen molar-refractivity contribution >= 4 is 11.8 Å². The molecule has 0 spiro atoms. The number of hydrogen-bond acceptors (Lipinski definition) is 4. The Balaban J connectivity index is 2.10. The van der Waals surface area contributed by atoms with Crippen molar-refractivity contribution in [2.75, 3.05) is 0 Å². The van der Waals surface area contributed by atoms with Gasteiger partial charge in [0.05, 0.1) is 6.10 Å². The molecule has 0 aromatic carbocycles. The number of aliphatic hydroxyl groups is 1. The maximum absolute atomic E-state index is 11.6. The molecule has 1 heterocycles. The summed E-state index contributed by atoms with van der Waals surface area (Å²) >= 11 is 1.52. The van der Waals surface area contributed by atoms with Crippen LogP contribution in [0.5, 0.6) is 0 Å². The summed E-state index contributed by atoms with van der Waals surface area (Å²) in [6, 6.07) is 1.57. The Hall–Kier alpha value is -0.810. The number of hydrogen-bond donors (Lipinski definition) is 2. The van der Waals surface area contributed by atoms with Crippen molar-refractivity contribution in [3.63, 3.8) is 0 Å². The Morgan fingerprint density at radius 3 is 3.00 bits per heavy atom.